The number of hydrogen-bond acceptors (Lipinski definition) is 5. The standard InChI is InChI=1S/C16H19N5/c1-5-18-15-11(3)16(20-12(4)19-15)21-14-8-13(9-17)7-6-10(14)2/h6-8H,5H2,1-4H3,(H2,18,19,20,21). The Morgan fingerprint density at radius 2 is 1.86 bits per heavy atom. The Kier molecular flexibility index (Phi) is 4.39. The molecule has 0 unspecified atom stereocenters. The van der Waals surface area contributed by atoms with Crippen molar-refractivity contribution in [3.05, 3.63) is 40.7 Å². The number of nitrogens with zero attached hydrogens (tertiary/aromatic N) is 3. The van der Waals surface area contributed by atoms with Gasteiger partial charge in [0.05, 0.1) is 11.6 Å². The van der Waals surface area contributed by atoms with E-state index in [0.717, 1.165) is 35.0 Å². The van der Waals surface area contributed by atoms with Crippen molar-refractivity contribution in [2.24, 2.45) is 0 Å². The van der Waals surface area contributed by atoms with Gasteiger partial charge in [-0.2, -0.15) is 5.26 Å². The second-order valence-corrected chi connectivity index (χ2v) is 4.89. The van der Waals surface area contributed by atoms with Crippen LogP contribution in [-0.4, -0.2) is 16.5 Å². The number of benzene rings is 1. The molecule has 2 rings (SSSR count). The van der Waals surface area contributed by atoms with Crippen LogP contribution in [0.2, 0.25) is 0 Å². The van der Waals surface area contributed by atoms with Gasteiger partial charge in [0.2, 0.25) is 0 Å². The van der Waals surface area contributed by atoms with E-state index in [0.29, 0.717) is 11.4 Å². The van der Waals surface area contributed by atoms with E-state index in [4.69, 9.17) is 5.26 Å². The quantitative estimate of drug-likeness (QED) is 0.898. The third-order valence-corrected chi connectivity index (χ3v) is 3.22. The highest BCUT2D eigenvalue weighted by Gasteiger charge is 2.10. The van der Waals surface area contributed by atoms with Crippen molar-refractivity contribution in [2.75, 3.05) is 17.2 Å². The number of aryl methyl sites for hydroxylation is 2. The molecule has 0 saturated heterocycles. The predicted octanol–water partition coefficient (Wildman–Crippen LogP) is 3.45. The van der Waals surface area contributed by atoms with Gasteiger partial charge in [-0.1, -0.05) is 6.07 Å². The molecule has 0 fully saturated rings. The van der Waals surface area contributed by atoms with Gasteiger partial charge in [0.1, 0.15) is 17.5 Å². The van der Waals surface area contributed by atoms with Crippen LogP contribution in [0.4, 0.5) is 17.3 Å². The third-order valence-electron chi connectivity index (χ3n) is 3.22. The van der Waals surface area contributed by atoms with Gasteiger partial charge in [-0.3, -0.25) is 0 Å². The van der Waals surface area contributed by atoms with Gasteiger partial charge in [0.25, 0.3) is 0 Å². The maximum atomic E-state index is 9.02. The molecule has 0 spiro atoms. The smallest absolute Gasteiger partial charge is 0.139 e. The second kappa shape index (κ2) is 6.23. The molecule has 0 aliphatic rings. The Balaban J connectivity index is 2.42. The van der Waals surface area contributed by atoms with E-state index in [2.05, 4.69) is 26.7 Å². The molecular weight excluding hydrogens is 262 g/mol. The first kappa shape index (κ1) is 14.8. The van der Waals surface area contributed by atoms with Gasteiger partial charge in [-0.15, -0.1) is 0 Å². The van der Waals surface area contributed by atoms with E-state index in [1.54, 1.807) is 0 Å². The average Bonchev–Trinajstić information content (AvgIpc) is 2.46. The Bertz CT molecular complexity index is 701. The largest absolute Gasteiger partial charge is 0.370 e. The van der Waals surface area contributed by atoms with Crippen LogP contribution < -0.4 is 10.6 Å². The predicted molar refractivity (Wildman–Crippen MR) is 84.8 cm³/mol. The van der Waals surface area contributed by atoms with Crippen LogP contribution in [-0.2, 0) is 0 Å². The van der Waals surface area contributed by atoms with Crippen LogP contribution in [0.1, 0.15) is 29.4 Å². The number of hydrogen-bond donors (Lipinski definition) is 2. The maximum Gasteiger partial charge on any atom is 0.139 e. The highest BCUT2D eigenvalue weighted by atomic mass is 15.1. The van der Waals surface area contributed by atoms with Gasteiger partial charge < -0.3 is 10.6 Å². The summed E-state index contributed by atoms with van der Waals surface area (Å²) in [5.74, 6) is 2.30. The van der Waals surface area contributed by atoms with Crippen LogP contribution in [0.15, 0.2) is 18.2 Å². The Labute approximate surface area is 125 Å². The summed E-state index contributed by atoms with van der Waals surface area (Å²) in [6, 6.07) is 7.72. The summed E-state index contributed by atoms with van der Waals surface area (Å²) < 4.78 is 0. The summed E-state index contributed by atoms with van der Waals surface area (Å²) in [6.45, 7) is 8.68. The normalized spacial score (nSPS) is 10.0. The van der Waals surface area contributed by atoms with Crippen molar-refractivity contribution in [2.45, 2.75) is 27.7 Å². The van der Waals surface area contributed by atoms with Crippen LogP contribution in [0.5, 0.6) is 0 Å². The lowest BCUT2D eigenvalue weighted by molar-refractivity contribution is 1.02. The number of aromatic nitrogens is 2. The Morgan fingerprint density at radius 3 is 2.52 bits per heavy atom. The zero-order valence-corrected chi connectivity index (χ0v) is 12.8. The lowest BCUT2D eigenvalue weighted by atomic mass is 10.1. The van der Waals surface area contributed by atoms with E-state index in [-0.39, 0.29) is 0 Å². The average molecular weight is 281 g/mol. The number of nitriles is 1. The first-order valence-electron chi connectivity index (χ1n) is 6.92. The number of nitrogens with one attached hydrogen (secondary N) is 2. The highest BCUT2D eigenvalue weighted by Crippen LogP contribution is 2.26. The van der Waals surface area contributed by atoms with Gasteiger partial charge in [-0.25, -0.2) is 9.97 Å². The second-order valence-electron chi connectivity index (χ2n) is 4.89. The van der Waals surface area contributed by atoms with Crippen molar-refractivity contribution in [1.29, 1.82) is 5.26 Å². The Morgan fingerprint density at radius 1 is 1.14 bits per heavy atom. The van der Waals surface area contributed by atoms with E-state index >= 15 is 0 Å². The maximum absolute atomic E-state index is 9.02. The lowest BCUT2D eigenvalue weighted by Crippen LogP contribution is -2.08. The summed E-state index contributed by atoms with van der Waals surface area (Å²) in [6.07, 6.45) is 0. The minimum absolute atomic E-state index is 0.624. The van der Waals surface area contributed by atoms with Crippen molar-refractivity contribution >= 4 is 17.3 Å². The minimum Gasteiger partial charge on any atom is -0.370 e. The Hall–Kier alpha value is -2.61. The topological polar surface area (TPSA) is 73.6 Å². The molecule has 0 aliphatic heterocycles. The molecule has 1 heterocycles. The first-order valence-corrected chi connectivity index (χ1v) is 6.92. The summed E-state index contributed by atoms with van der Waals surface area (Å²) >= 11 is 0. The zero-order valence-electron chi connectivity index (χ0n) is 12.8. The SMILES string of the molecule is CCNc1nc(C)nc(Nc2cc(C#N)ccc2C)c1C. The van der Waals surface area contributed by atoms with Crippen LogP contribution in [0.25, 0.3) is 0 Å². The van der Waals surface area contributed by atoms with Gasteiger partial charge in [-0.05, 0) is 45.4 Å². The molecule has 5 heteroatoms. The van der Waals surface area contributed by atoms with Crippen molar-refractivity contribution in [3.8, 4) is 6.07 Å². The van der Waals surface area contributed by atoms with E-state index < -0.39 is 0 Å². The molecule has 5 nitrogen and oxygen atoms in total. The molecule has 0 aliphatic carbocycles. The fraction of sp³-hybridized carbons (Fsp3) is 0.312. The van der Waals surface area contributed by atoms with E-state index in [1.807, 2.05) is 45.9 Å². The van der Waals surface area contributed by atoms with Gasteiger partial charge in [0.15, 0.2) is 0 Å². The van der Waals surface area contributed by atoms with Gasteiger partial charge in [0, 0.05) is 17.8 Å². The zero-order chi connectivity index (χ0) is 15.4. The molecule has 1 aromatic carbocycles. The summed E-state index contributed by atoms with van der Waals surface area (Å²) in [7, 11) is 0. The van der Waals surface area contributed by atoms with Crippen molar-refractivity contribution in [1.82, 2.24) is 9.97 Å². The summed E-state index contributed by atoms with van der Waals surface area (Å²) in [5, 5.41) is 15.6. The molecule has 0 atom stereocenters. The lowest BCUT2D eigenvalue weighted by Gasteiger charge is -2.15. The third kappa shape index (κ3) is 3.29. The van der Waals surface area contributed by atoms with Crippen LogP contribution >= 0.6 is 0 Å². The fourth-order valence-corrected chi connectivity index (χ4v) is 2.04. The highest BCUT2D eigenvalue weighted by molar-refractivity contribution is 5.68. The van der Waals surface area contributed by atoms with Crippen molar-refractivity contribution < 1.29 is 0 Å². The molecule has 21 heavy (non-hydrogen) atoms. The van der Waals surface area contributed by atoms with E-state index in [9.17, 15) is 0 Å². The summed E-state index contributed by atoms with van der Waals surface area (Å²) in [5.41, 5.74) is 3.54. The number of anilines is 3. The molecule has 0 saturated carbocycles. The van der Waals surface area contributed by atoms with Crippen molar-refractivity contribution in [3.63, 3.8) is 0 Å². The molecular formula is C16H19N5. The summed E-state index contributed by atoms with van der Waals surface area (Å²) in [4.78, 5) is 8.87. The number of rotatable bonds is 4. The molecule has 2 N–H and O–H groups in total. The van der Waals surface area contributed by atoms with E-state index in [1.165, 1.54) is 0 Å². The van der Waals surface area contributed by atoms with Gasteiger partial charge >= 0.3 is 0 Å². The first-order chi connectivity index (χ1) is 10.0. The van der Waals surface area contributed by atoms with Crippen LogP contribution in [0, 0.1) is 32.1 Å². The fourth-order valence-electron chi connectivity index (χ4n) is 2.04. The minimum atomic E-state index is 0.624. The van der Waals surface area contributed by atoms with Crippen LogP contribution in [0.3, 0.4) is 0 Å². The molecule has 0 radical (unpaired) electrons. The molecule has 0 amide bonds. The molecule has 2 aromatic rings. The molecule has 1 aromatic heterocycles. The molecule has 108 valence electrons. The molecule has 0 bridgehead atoms. The monoisotopic (exact) mass is 281 g/mol.